The molecule has 0 saturated heterocycles. The highest BCUT2D eigenvalue weighted by Gasteiger charge is 2.18. The van der Waals surface area contributed by atoms with Crippen LogP contribution in [0.5, 0.6) is 0 Å². The van der Waals surface area contributed by atoms with Crippen LogP contribution in [-0.4, -0.2) is 26.2 Å². The molecule has 28 heavy (non-hydrogen) atoms. The number of amides is 1. The third kappa shape index (κ3) is 4.39. The van der Waals surface area contributed by atoms with Crippen molar-refractivity contribution in [3.63, 3.8) is 0 Å². The number of nitrogens with zero attached hydrogens (tertiary/aromatic N) is 2. The summed E-state index contributed by atoms with van der Waals surface area (Å²) in [5.74, 6) is 0.434. The van der Waals surface area contributed by atoms with Crippen molar-refractivity contribution in [1.82, 2.24) is 9.78 Å². The zero-order chi connectivity index (χ0) is 20.3. The smallest absolute Gasteiger partial charge is 0.276 e. The molecule has 0 radical (unpaired) electrons. The fraction of sp³-hybridized carbons (Fsp3) is 0.273. The number of hydrogen-bond acceptors (Lipinski definition) is 3. The van der Waals surface area contributed by atoms with Crippen molar-refractivity contribution < 1.29 is 9.00 Å². The molecule has 0 aliphatic rings. The molecule has 1 amide bonds. The monoisotopic (exact) mass is 395 g/mol. The zero-order valence-electron chi connectivity index (χ0n) is 16.6. The summed E-state index contributed by atoms with van der Waals surface area (Å²) >= 11 is 0. The Morgan fingerprint density at radius 2 is 1.86 bits per heavy atom. The van der Waals surface area contributed by atoms with Crippen LogP contribution in [0.2, 0.25) is 0 Å². The van der Waals surface area contributed by atoms with Gasteiger partial charge in [0.2, 0.25) is 0 Å². The number of nitrogens with one attached hydrogen (secondary N) is 1. The largest absolute Gasteiger partial charge is 0.320 e. The molecular formula is C22H25N3O2S. The van der Waals surface area contributed by atoms with Gasteiger partial charge in [-0.2, -0.15) is 5.10 Å². The molecule has 0 spiro atoms. The van der Waals surface area contributed by atoms with Crippen LogP contribution in [0.4, 0.5) is 5.69 Å². The lowest BCUT2D eigenvalue weighted by Gasteiger charge is -2.11. The first-order chi connectivity index (χ1) is 13.4. The van der Waals surface area contributed by atoms with Crippen molar-refractivity contribution in [2.24, 2.45) is 0 Å². The molecule has 0 saturated carbocycles. The van der Waals surface area contributed by atoms with Crippen LogP contribution in [-0.2, 0) is 16.6 Å². The minimum absolute atomic E-state index is 0.221. The highest BCUT2D eigenvalue weighted by atomic mass is 32.2. The predicted molar refractivity (Wildman–Crippen MR) is 115 cm³/mol. The van der Waals surface area contributed by atoms with E-state index in [1.807, 2.05) is 66.2 Å². The Labute approximate surface area is 168 Å². The van der Waals surface area contributed by atoms with Gasteiger partial charge in [-0.05, 0) is 48.2 Å². The predicted octanol–water partition coefficient (Wildman–Crippen LogP) is 4.43. The molecule has 146 valence electrons. The van der Waals surface area contributed by atoms with Crippen LogP contribution in [0.1, 0.15) is 47.1 Å². The molecule has 3 aromatic rings. The summed E-state index contributed by atoms with van der Waals surface area (Å²) in [6.07, 6.45) is 1.67. The van der Waals surface area contributed by atoms with Crippen molar-refractivity contribution in [1.29, 1.82) is 0 Å². The lowest BCUT2D eigenvalue weighted by Crippen LogP contribution is -2.14. The average Bonchev–Trinajstić information content (AvgIpc) is 3.11. The van der Waals surface area contributed by atoms with Gasteiger partial charge < -0.3 is 5.32 Å². The molecule has 0 fully saturated rings. The van der Waals surface area contributed by atoms with Gasteiger partial charge in [0.05, 0.1) is 5.69 Å². The van der Waals surface area contributed by atoms with E-state index in [1.165, 1.54) is 0 Å². The molecule has 2 aromatic carbocycles. The first-order valence-corrected chi connectivity index (χ1v) is 10.9. The molecule has 0 bridgehead atoms. The van der Waals surface area contributed by atoms with Crippen LogP contribution in [0, 0.1) is 6.92 Å². The van der Waals surface area contributed by atoms with E-state index in [1.54, 1.807) is 6.26 Å². The molecule has 5 nitrogen and oxygen atoms in total. The van der Waals surface area contributed by atoms with Crippen molar-refractivity contribution in [3.8, 4) is 5.69 Å². The van der Waals surface area contributed by atoms with E-state index in [4.69, 9.17) is 0 Å². The number of aromatic nitrogens is 2. The number of hydrogen-bond donors (Lipinski definition) is 1. The van der Waals surface area contributed by atoms with Gasteiger partial charge in [-0.3, -0.25) is 9.00 Å². The van der Waals surface area contributed by atoms with E-state index in [0.717, 1.165) is 22.5 Å². The minimum Gasteiger partial charge on any atom is -0.320 e. The third-order valence-corrected chi connectivity index (χ3v) is 5.33. The normalized spacial score (nSPS) is 12.2. The molecule has 0 aliphatic carbocycles. The highest BCUT2D eigenvalue weighted by molar-refractivity contribution is 7.83. The Hall–Kier alpha value is -2.73. The van der Waals surface area contributed by atoms with E-state index in [-0.39, 0.29) is 11.8 Å². The lowest BCUT2D eigenvalue weighted by molar-refractivity contribution is 0.102. The number of carbonyl (C=O) groups is 1. The summed E-state index contributed by atoms with van der Waals surface area (Å²) in [6.45, 7) is 6.09. The second-order valence-electron chi connectivity index (χ2n) is 7.12. The molecule has 1 heterocycles. The molecule has 6 heteroatoms. The summed E-state index contributed by atoms with van der Waals surface area (Å²) in [5, 5.41) is 7.51. The molecule has 1 atom stereocenters. The average molecular weight is 396 g/mol. The Kier molecular flexibility index (Phi) is 6.09. The van der Waals surface area contributed by atoms with Gasteiger partial charge in [0.1, 0.15) is 0 Å². The van der Waals surface area contributed by atoms with Crippen molar-refractivity contribution in [3.05, 3.63) is 77.1 Å². The fourth-order valence-corrected chi connectivity index (χ4v) is 3.83. The van der Waals surface area contributed by atoms with Gasteiger partial charge in [-0.1, -0.05) is 44.2 Å². The van der Waals surface area contributed by atoms with E-state index in [9.17, 15) is 9.00 Å². The molecule has 3 rings (SSSR count). The van der Waals surface area contributed by atoms with E-state index in [2.05, 4.69) is 24.3 Å². The van der Waals surface area contributed by atoms with Gasteiger partial charge in [-0.25, -0.2) is 4.68 Å². The van der Waals surface area contributed by atoms with Gasteiger partial charge in [0.15, 0.2) is 5.69 Å². The molecule has 0 aliphatic heterocycles. The van der Waals surface area contributed by atoms with Crippen molar-refractivity contribution >= 4 is 22.4 Å². The minimum atomic E-state index is -0.938. The van der Waals surface area contributed by atoms with Gasteiger partial charge >= 0.3 is 0 Å². The van der Waals surface area contributed by atoms with Crippen LogP contribution < -0.4 is 5.32 Å². The second-order valence-corrected chi connectivity index (χ2v) is 8.55. The van der Waals surface area contributed by atoms with Gasteiger partial charge in [-0.15, -0.1) is 0 Å². The second kappa shape index (κ2) is 8.52. The van der Waals surface area contributed by atoms with Crippen LogP contribution >= 0.6 is 0 Å². The first-order valence-electron chi connectivity index (χ1n) is 9.22. The number of carbonyl (C=O) groups excluding carboxylic acids is 1. The van der Waals surface area contributed by atoms with Crippen molar-refractivity contribution in [2.45, 2.75) is 32.4 Å². The quantitative estimate of drug-likeness (QED) is 0.671. The SMILES string of the molecule is Cc1c(CS(C)=O)cccc1NC(=O)c1cc(C(C)C)n(-c2ccccc2)n1. The Bertz CT molecular complexity index is 1010. The lowest BCUT2D eigenvalue weighted by atomic mass is 10.1. The molecule has 1 unspecified atom stereocenters. The number of anilines is 1. The van der Waals surface area contributed by atoms with Crippen LogP contribution in [0.25, 0.3) is 5.69 Å². The summed E-state index contributed by atoms with van der Waals surface area (Å²) in [7, 11) is -0.938. The third-order valence-electron chi connectivity index (χ3n) is 4.61. The standard InChI is InChI=1S/C22H25N3O2S/c1-15(2)21-13-20(24-25(21)18-10-6-5-7-11-18)22(26)23-19-12-8-9-17(16(19)3)14-28(4)27/h5-13,15H,14H2,1-4H3,(H,23,26). The summed E-state index contributed by atoms with van der Waals surface area (Å²) in [4.78, 5) is 12.9. The maximum absolute atomic E-state index is 12.9. The maximum Gasteiger partial charge on any atom is 0.276 e. The number of rotatable bonds is 6. The van der Waals surface area contributed by atoms with E-state index < -0.39 is 10.8 Å². The van der Waals surface area contributed by atoms with Gasteiger partial charge in [0.25, 0.3) is 5.91 Å². The Balaban J connectivity index is 1.91. The summed E-state index contributed by atoms with van der Waals surface area (Å²) in [6, 6.07) is 17.3. The maximum atomic E-state index is 12.9. The van der Waals surface area contributed by atoms with E-state index >= 15 is 0 Å². The number of para-hydroxylation sites is 1. The Morgan fingerprint density at radius 1 is 1.14 bits per heavy atom. The Morgan fingerprint density at radius 3 is 2.50 bits per heavy atom. The number of benzene rings is 2. The summed E-state index contributed by atoms with van der Waals surface area (Å²) in [5.41, 5.74) is 4.88. The van der Waals surface area contributed by atoms with E-state index in [0.29, 0.717) is 17.1 Å². The molecular weight excluding hydrogens is 370 g/mol. The topological polar surface area (TPSA) is 64.0 Å². The van der Waals surface area contributed by atoms with Gasteiger partial charge in [0, 0.05) is 34.2 Å². The summed E-state index contributed by atoms with van der Waals surface area (Å²) < 4.78 is 13.4. The molecule has 1 N–H and O–H groups in total. The molecule has 1 aromatic heterocycles. The zero-order valence-corrected chi connectivity index (χ0v) is 17.4. The highest BCUT2D eigenvalue weighted by Crippen LogP contribution is 2.23. The first kappa shape index (κ1) is 20.0. The fourth-order valence-electron chi connectivity index (χ4n) is 3.07. The van der Waals surface area contributed by atoms with Crippen LogP contribution in [0.3, 0.4) is 0 Å². The van der Waals surface area contributed by atoms with Crippen LogP contribution in [0.15, 0.2) is 54.6 Å². The van der Waals surface area contributed by atoms with Crippen molar-refractivity contribution in [2.75, 3.05) is 11.6 Å².